The van der Waals surface area contributed by atoms with Gasteiger partial charge < -0.3 is 14.4 Å². The Morgan fingerprint density at radius 1 is 1.18 bits per heavy atom. The normalized spacial score (nSPS) is 21.9. The molecule has 1 amide bonds. The summed E-state index contributed by atoms with van der Waals surface area (Å²) in [7, 11) is 2.97. The van der Waals surface area contributed by atoms with Crippen LogP contribution in [0.1, 0.15) is 34.1 Å². The van der Waals surface area contributed by atoms with Gasteiger partial charge in [0.05, 0.1) is 26.1 Å². The van der Waals surface area contributed by atoms with Crippen LogP contribution in [-0.4, -0.2) is 50.7 Å². The first-order valence-corrected chi connectivity index (χ1v) is 7.75. The maximum Gasteiger partial charge on any atom is 0.307 e. The highest BCUT2D eigenvalue weighted by Gasteiger charge is 2.61. The summed E-state index contributed by atoms with van der Waals surface area (Å²) in [6, 6.07) is 0. The lowest BCUT2D eigenvalue weighted by Gasteiger charge is -2.22. The van der Waals surface area contributed by atoms with Crippen LogP contribution in [0.25, 0.3) is 0 Å². The molecule has 1 rings (SSSR count). The standard InChI is InChI=1S/C17H29NO4/c1-12(2)11-13-15(17(13,3)4)16(20)18(9-10-21-5)8-7-14(19)22-6/h11,13,15H,7-10H2,1-6H3. The Morgan fingerprint density at radius 3 is 2.32 bits per heavy atom. The average Bonchev–Trinajstić information content (AvgIpc) is 2.97. The van der Waals surface area contributed by atoms with Crippen molar-refractivity contribution in [1.29, 1.82) is 0 Å². The monoisotopic (exact) mass is 311 g/mol. The summed E-state index contributed by atoms with van der Waals surface area (Å²) in [5.41, 5.74) is 1.21. The third-order valence-electron chi connectivity index (χ3n) is 4.38. The molecule has 0 saturated heterocycles. The molecule has 0 N–H and O–H groups in total. The molecule has 0 aromatic carbocycles. The third-order valence-corrected chi connectivity index (χ3v) is 4.38. The van der Waals surface area contributed by atoms with E-state index in [-0.39, 0.29) is 35.5 Å². The smallest absolute Gasteiger partial charge is 0.307 e. The lowest BCUT2D eigenvalue weighted by Crippen LogP contribution is -2.37. The van der Waals surface area contributed by atoms with E-state index in [1.165, 1.54) is 12.7 Å². The fourth-order valence-electron chi connectivity index (χ4n) is 2.88. The second-order valence-corrected chi connectivity index (χ2v) is 6.71. The molecule has 1 aliphatic carbocycles. The van der Waals surface area contributed by atoms with Crippen molar-refractivity contribution < 1.29 is 19.1 Å². The molecule has 0 bridgehead atoms. The molecule has 0 radical (unpaired) electrons. The summed E-state index contributed by atoms with van der Waals surface area (Å²) in [5, 5.41) is 0. The number of carbonyl (C=O) groups is 2. The quantitative estimate of drug-likeness (QED) is 0.510. The number of rotatable bonds is 8. The summed E-state index contributed by atoms with van der Waals surface area (Å²) < 4.78 is 9.74. The van der Waals surface area contributed by atoms with Gasteiger partial charge in [0.1, 0.15) is 0 Å². The van der Waals surface area contributed by atoms with Crippen LogP contribution >= 0.6 is 0 Å². The van der Waals surface area contributed by atoms with Crippen LogP contribution in [0.2, 0.25) is 0 Å². The van der Waals surface area contributed by atoms with Crippen molar-refractivity contribution in [2.24, 2.45) is 17.3 Å². The SMILES string of the molecule is COCCN(CCC(=O)OC)C(=O)C1C(C=C(C)C)C1(C)C. The fraction of sp³-hybridized carbons (Fsp3) is 0.765. The van der Waals surface area contributed by atoms with E-state index >= 15 is 0 Å². The predicted octanol–water partition coefficient (Wildman–Crippen LogP) is 2.26. The zero-order valence-electron chi connectivity index (χ0n) is 14.6. The number of allylic oxidation sites excluding steroid dienone is 2. The number of esters is 1. The summed E-state index contributed by atoms with van der Waals surface area (Å²) in [4.78, 5) is 25.9. The van der Waals surface area contributed by atoms with Crippen molar-refractivity contribution in [2.75, 3.05) is 33.9 Å². The lowest BCUT2D eigenvalue weighted by atomic mass is 10.1. The minimum atomic E-state index is -0.300. The Labute approximate surface area is 133 Å². The number of nitrogens with zero attached hydrogens (tertiary/aromatic N) is 1. The molecule has 0 spiro atoms. The van der Waals surface area contributed by atoms with Gasteiger partial charge in [-0.25, -0.2) is 0 Å². The van der Waals surface area contributed by atoms with E-state index < -0.39 is 0 Å². The minimum Gasteiger partial charge on any atom is -0.469 e. The van der Waals surface area contributed by atoms with Crippen LogP contribution in [0, 0.1) is 17.3 Å². The van der Waals surface area contributed by atoms with Gasteiger partial charge >= 0.3 is 5.97 Å². The van der Waals surface area contributed by atoms with E-state index in [0.717, 1.165) is 0 Å². The molecule has 1 saturated carbocycles. The second-order valence-electron chi connectivity index (χ2n) is 6.71. The third kappa shape index (κ3) is 4.57. The highest BCUT2D eigenvalue weighted by atomic mass is 16.5. The molecule has 22 heavy (non-hydrogen) atoms. The molecule has 2 atom stereocenters. The van der Waals surface area contributed by atoms with Gasteiger partial charge in [-0.15, -0.1) is 0 Å². The Kier molecular flexibility index (Phi) is 6.60. The van der Waals surface area contributed by atoms with Crippen molar-refractivity contribution >= 4 is 11.9 Å². The van der Waals surface area contributed by atoms with Crippen molar-refractivity contribution in [3.05, 3.63) is 11.6 Å². The predicted molar refractivity (Wildman–Crippen MR) is 85.3 cm³/mol. The molecule has 2 unspecified atom stereocenters. The van der Waals surface area contributed by atoms with Crippen molar-refractivity contribution in [3.63, 3.8) is 0 Å². The minimum absolute atomic E-state index is 0.0168. The average molecular weight is 311 g/mol. The van der Waals surface area contributed by atoms with E-state index in [2.05, 4.69) is 38.5 Å². The first kappa shape index (κ1) is 18.7. The maximum atomic E-state index is 12.8. The molecule has 1 aliphatic rings. The lowest BCUT2D eigenvalue weighted by molar-refractivity contribution is -0.142. The largest absolute Gasteiger partial charge is 0.469 e. The highest BCUT2D eigenvalue weighted by Crippen LogP contribution is 2.60. The molecular formula is C17H29NO4. The number of ether oxygens (including phenoxy) is 2. The van der Waals surface area contributed by atoms with Crippen LogP contribution in [0.5, 0.6) is 0 Å². The number of hydrogen-bond donors (Lipinski definition) is 0. The van der Waals surface area contributed by atoms with Crippen molar-refractivity contribution in [3.8, 4) is 0 Å². The maximum absolute atomic E-state index is 12.8. The molecule has 0 aromatic heterocycles. The molecule has 5 heteroatoms. The van der Waals surface area contributed by atoms with Crippen LogP contribution in [0.15, 0.2) is 11.6 Å². The number of carbonyl (C=O) groups excluding carboxylic acids is 2. The highest BCUT2D eigenvalue weighted by molar-refractivity contribution is 5.84. The van der Waals surface area contributed by atoms with E-state index in [4.69, 9.17) is 4.74 Å². The first-order valence-electron chi connectivity index (χ1n) is 7.75. The van der Waals surface area contributed by atoms with E-state index in [0.29, 0.717) is 19.7 Å². The first-order chi connectivity index (χ1) is 10.3. The summed E-state index contributed by atoms with van der Waals surface area (Å²) >= 11 is 0. The van der Waals surface area contributed by atoms with E-state index in [1.54, 1.807) is 12.0 Å². The summed E-state index contributed by atoms with van der Waals surface area (Å²) in [6.45, 7) is 9.69. The molecule has 5 nitrogen and oxygen atoms in total. The molecule has 126 valence electrons. The molecular weight excluding hydrogens is 282 g/mol. The fourth-order valence-corrected chi connectivity index (χ4v) is 2.88. The number of amides is 1. The van der Waals surface area contributed by atoms with Gasteiger partial charge in [0.15, 0.2) is 0 Å². The zero-order chi connectivity index (χ0) is 16.9. The van der Waals surface area contributed by atoms with Gasteiger partial charge in [-0.2, -0.15) is 0 Å². The number of methoxy groups -OCH3 is 2. The van der Waals surface area contributed by atoms with Crippen molar-refractivity contribution in [1.82, 2.24) is 4.90 Å². The van der Waals surface area contributed by atoms with E-state index in [1.807, 2.05) is 0 Å². The molecule has 1 fully saturated rings. The van der Waals surface area contributed by atoms with Crippen LogP contribution in [0.3, 0.4) is 0 Å². The molecule has 0 aliphatic heterocycles. The van der Waals surface area contributed by atoms with Crippen LogP contribution in [-0.2, 0) is 19.1 Å². The van der Waals surface area contributed by atoms with Crippen LogP contribution in [0.4, 0.5) is 0 Å². The Morgan fingerprint density at radius 2 is 1.82 bits per heavy atom. The Bertz CT molecular complexity index is 438. The second kappa shape index (κ2) is 7.77. The summed E-state index contributed by atoms with van der Waals surface area (Å²) in [6.07, 6.45) is 2.39. The van der Waals surface area contributed by atoms with Gasteiger partial charge in [0.25, 0.3) is 0 Å². The molecule has 0 heterocycles. The Hall–Kier alpha value is -1.36. The van der Waals surface area contributed by atoms with Crippen LogP contribution < -0.4 is 0 Å². The van der Waals surface area contributed by atoms with E-state index in [9.17, 15) is 9.59 Å². The van der Waals surface area contributed by atoms with Gasteiger partial charge in [0.2, 0.25) is 5.91 Å². The van der Waals surface area contributed by atoms with Gasteiger partial charge in [-0.1, -0.05) is 25.5 Å². The van der Waals surface area contributed by atoms with Gasteiger partial charge in [0, 0.05) is 20.2 Å². The Balaban J connectivity index is 2.75. The summed E-state index contributed by atoms with van der Waals surface area (Å²) in [5.74, 6) is 0.0599. The molecule has 0 aromatic rings. The number of hydrogen-bond acceptors (Lipinski definition) is 4. The van der Waals surface area contributed by atoms with Gasteiger partial charge in [-0.05, 0) is 25.2 Å². The van der Waals surface area contributed by atoms with Crippen molar-refractivity contribution in [2.45, 2.75) is 34.1 Å². The van der Waals surface area contributed by atoms with Gasteiger partial charge in [-0.3, -0.25) is 9.59 Å². The zero-order valence-corrected chi connectivity index (χ0v) is 14.6. The topological polar surface area (TPSA) is 55.8 Å².